The summed E-state index contributed by atoms with van der Waals surface area (Å²) in [5.41, 5.74) is 5.94. The van der Waals surface area contributed by atoms with Gasteiger partial charge in [-0.1, -0.05) is 62.6 Å². The Morgan fingerprint density at radius 1 is 0.962 bits per heavy atom. The van der Waals surface area contributed by atoms with Crippen LogP contribution in [0.3, 0.4) is 0 Å². The van der Waals surface area contributed by atoms with Crippen molar-refractivity contribution >= 4 is 6.08 Å². The summed E-state index contributed by atoms with van der Waals surface area (Å²) >= 11 is 0. The van der Waals surface area contributed by atoms with Crippen molar-refractivity contribution in [3.8, 4) is 0 Å². The Kier molecular flexibility index (Phi) is 7.99. The van der Waals surface area contributed by atoms with E-state index in [2.05, 4.69) is 35.1 Å². The van der Waals surface area contributed by atoms with Gasteiger partial charge in [-0.2, -0.15) is 0 Å². The smallest absolute Gasteiger partial charge is 0.0809 e. The fourth-order valence-electron chi connectivity index (χ4n) is 3.12. The number of aliphatic hydroxyl groups is 1. The number of rotatable bonds is 9. The third-order valence-corrected chi connectivity index (χ3v) is 4.86. The van der Waals surface area contributed by atoms with Crippen LogP contribution in [0.15, 0.2) is 35.9 Å². The molecular weight excluding hydrogens is 320 g/mol. The van der Waals surface area contributed by atoms with Gasteiger partial charge >= 0.3 is 0 Å². The van der Waals surface area contributed by atoms with E-state index in [4.69, 9.17) is 0 Å². The number of aryl methyl sites for hydroxylation is 3. The normalized spacial score (nSPS) is 13.0. The molecule has 1 heterocycles. The van der Waals surface area contributed by atoms with Crippen molar-refractivity contribution in [3.63, 3.8) is 0 Å². The van der Waals surface area contributed by atoms with Gasteiger partial charge in [-0.25, -0.2) is 0 Å². The second-order valence-electron chi connectivity index (χ2n) is 7.09. The van der Waals surface area contributed by atoms with Crippen LogP contribution >= 0.6 is 0 Å². The third kappa shape index (κ3) is 6.06. The predicted molar refractivity (Wildman–Crippen MR) is 109 cm³/mol. The summed E-state index contributed by atoms with van der Waals surface area (Å²) in [6.07, 6.45) is 7.85. The zero-order chi connectivity index (χ0) is 18.9. The highest BCUT2D eigenvalue weighted by molar-refractivity contribution is 5.53. The predicted octanol–water partition coefficient (Wildman–Crippen LogP) is 5.36. The molecule has 0 saturated carbocycles. The number of hydrogen-bond donors (Lipinski definition) is 1. The molecule has 0 aliphatic carbocycles. The summed E-state index contributed by atoms with van der Waals surface area (Å²) in [7, 11) is 0. The van der Waals surface area contributed by atoms with E-state index >= 15 is 0 Å². The van der Waals surface area contributed by atoms with Gasteiger partial charge in [0.1, 0.15) is 0 Å². The lowest BCUT2D eigenvalue weighted by molar-refractivity contribution is 0.205. The fraction of sp³-hybridized carbons (Fsp3) is 0.478. The van der Waals surface area contributed by atoms with Crippen LogP contribution in [0.2, 0.25) is 0 Å². The standard InChI is InChI=1S/C23H32N2O/c1-5-6-7-11-14-21(15-20-12-9-8-10-13-20)23(26)16-22-19(4)24-17(2)18(3)25-22/h8-10,12-13,15,23,26H,5-7,11,14,16H2,1-4H3. The minimum Gasteiger partial charge on any atom is -0.388 e. The van der Waals surface area contributed by atoms with Gasteiger partial charge in [-0.3, -0.25) is 9.97 Å². The topological polar surface area (TPSA) is 46.0 Å². The molecule has 2 rings (SSSR count). The zero-order valence-electron chi connectivity index (χ0n) is 16.6. The van der Waals surface area contributed by atoms with Crippen LogP contribution in [0.25, 0.3) is 6.08 Å². The minimum atomic E-state index is -0.521. The van der Waals surface area contributed by atoms with E-state index in [1.807, 2.05) is 39.0 Å². The maximum absolute atomic E-state index is 10.9. The van der Waals surface area contributed by atoms with Crippen molar-refractivity contribution in [2.75, 3.05) is 0 Å². The van der Waals surface area contributed by atoms with E-state index in [0.717, 1.165) is 46.8 Å². The van der Waals surface area contributed by atoms with Gasteiger partial charge in [-0.05, 0) is 44.7 Å². The van der Waals surface area contributed by atoms with Crippen molar-refractivity contribution in [1.29, 1.82) is 0 Å². The number of unbranched alkanes of at least 4 members (excludes halogenated alkanes) is 3. The number of aromatic nitrogens is 2. The van der Waals surface area contributed by atoms with Crippen molar-refractivity contribution in [2.24, 2.45) is 0 Å². The second-order valence-corrected chi connectivity index (χ2v) is 7.09. The second kappa shape index (κ2) is 10.2. The Labute approximate surface area is 158 Å². The van der Waals surface area contributed by atoms with Crippen LogP contribution in [0.4, 0.5) is 0 Å². The van der Waals surface area contributed by atoms with Gasteiger partial charge in [0.25, 0.3) is 0 Å². The van der Waals surface area contributed by atoms with Crippen molar-refractivity contribution in [1.82, 2.24) is 9.97 Å². The van der Waals surface area contributed by atoms with Crippen LogP contribution in [0.5, 0.6) is 0 Å². The maximum atomic E-state index is 10.9. The van der Waals surface area contributed by atoms with Gasteiger partial charge < -0.3 is 5.11 Å². The first-order valence-corrected chi connectivity index (χ1v) is 9.75. The molecule has 0 saturated heterocycles. The van der Waals surface area contributed by atoms with Crippen molar-refractivity contribution < 1.29 is 5.11 Å². The number of aliphatic hydroxyl groups excluding tert-OH is 1. The van der Waals surface area contributed by atoms with Crippen molar-refractivity contribution in [2.45, 2.75) is 72.3 Å². The van der Waals surface area contributed by atoms with Gasteiger partial charge in [0.2, 0.25) is 0 Å². The first-order chi connectivity index (χ1) is 12.5. The van der Waals surface area contributed by atoms with E-state index in [9.17, 15) is 5.11 Å². The Morgan fingerprint density at radius 2 is 1.65 bits per heavy atom. The molecule has 0 spiro atoms. The average Bonchev–Trinajstić information content (AvgIpc) is 2.63. The Balaban J connectivity index is 2.18. The van der Waals surface area contributed by atoms with Gasteiger partial charge in [-0.15, -0.1) is 0 Å². The van der Waals surface area contributed by atoms with E-state index in [1.54, 1.807) is 0 Å². The molecule has 0 amide bonds. The summed E-state index contributed by atoms with van der Waals surface area (Å²) in [6, 6.07) is 10.3. The SMILES string of the molecule is CCCCCCC(=Cc1ccccc1)C(O)Cc1nc(C)c(C)nc1C. The highest BCUT2D eigenvalue weighted by Gasteiger charge is 2.15. The summed E-state index contributed by atoms with van der Waals surface area (Å²) in [6.45, 7) is 8.15. The van der Waals surface area contributed by atoms with E-state index in [1.165, 1.54) is 19.3 Å². The molecule has 0 fully saturated rings. The fourth-order valence-corrected chi connectivity index (χ4v) is 3.12. The van der Waals surface area contributed by atoms with E-state index in [-0.39, 0.29) is 0 Å². The van der Waals surface area contributed by atoms with Gasteiger partial charge in [0, 0.05) is 6.42 Å². The zero-order valence-corrected chi connectivity index (χ0v) is 16.6. The molecule has 140 valence electrons. The largest absolute Gasteiger partial charge is 0.388 e. The molecule has 1 aromatic carbocycles. The van der Waals surface area contributed by atoms with Gasteiger partial charge in [0.15, 0.2) is 0 Å². The van der Waals surface area contributed by atoms with Gasteiger partial charge in [0.05, 0.1) is 28.9 Å². The molecule has 1 aromatic heterocycles. The van der Waals surface area contributed by atoms with Crippen LogP contribution in [0, 0.1) is 20.8 Å². The highest BCUT2D eigenvalue weighted by Crippen LogP contribution is 2.21. The lowest BCUT2D eigenvalue weighted by Gasteiger charge is -2.17. The molecule has 3 heteroatoms. The minimum absolute atomic E-state index is 0.520. The molecule has 1 unspecified atom stereocenters. The lowest BCUT2D eigenvalue weighted by atomic mass is 9.96. The molecule has 1 atom stereocenters. The Bertz CT molecular complexity index is 722. The molecule has 1 N–H and O–H groups in total. The number of nitrogens with zero attached hydrogens (tertiary/aromatic N) is 2. The lowest BCUT2D eigenvalue weighted by Crippen LogP contribution is -2.17. The average molecular weight is 353 g/mol. The first-order valence-electron chi connectivity index (χ1n) is 9.75. The molecule has 3 nitrogen and oxygen atoms in total. The Hall–Kier alpha value is -2.00. The van der Waals surface area contributed by atoms with E-state index < -0.39 is 6.10 Å². The summed E-state index contributed by atoms with van der Waals surface area (Å²) in [4.78, 5) is 9.22. The molecule has 0 aliphatic rings. The Morgan fingerprint density at radius 3 is 2.35 bits per heavy atom. The molecule has 26 heavy (non-hydrogen) atoms. The summed E-state index contributed by atoms with van der Waals surface area (Å²) in [5.74, 6) is 0. The molecule has 0 radical (unpaired) electrons. The third-order valence-electron chi connectivity index (χ3n) is 4.86. The quantitative estimate of drug-likeness (QED) is 0.618. The number of hydrogen-bond acceptors (Lipinski definition) is 3. The maximum Gasteiger partial charge on any atom is 0.0809 e. The van der Waals surface area contributed by atoms with E-state index in [0.29, 0.717) is 6.42 Å². The highest BCUT2D eigenvalue weighted by atomic mass is 16.3. The monoisotopic (exact) mass is 352 g/mol. The molecule has 0 aliphatic heterocycles. The van der Waals surface area contributed by atoms with Crippen LogP contribution < -0.4 is 0 Å². The number of benzene rings is 1. The summed E-state index contributed by atoms with van der Waals surface area (Å²) in [5, 5.41) is 10.9. The summed E-state index contributed by atoms with van der Waals surface area (Å²) < 4.78 is 0. The first kappa shape index (κ1) is 20.3. The molecule has 2 aromatic rings. The molecule has 0 bridgehead atoms. The van der Waals surface area contributed by atoms with Crippen LogP contribution in [-0.2, 0) is 6.42 Å². The van der Waals surface area contributed by atoms with Crippen LogP contribution in [0.1, 0.15) is 67.4 Å². The van der Waals surface area contributed by atoms with Crippen molar-refractivity contribution in [3.05, 3.63) is 64.2 Å². The van der Waals surface area contributed by atoms with Crippen LogP contribution in [-0.4, -0.2) is 21.2 Å². The molecular formula is C23H32N2O.